The van der Waals surface area contributed by atoms with E-state index < -0.39 is 0 Å². The second-order valence-electron chi connectivity index (χ2n) is 6.16. The second-order valence-corrected chi connectivity index (χ2v) is 6.47. The fraction of sp³-hybridized carbons (Fsp3) is 0.273. The van der Waals surface area contributed by atoms with Crippen molar-refractivity contribution in [2.24, 2.45) is 10.7 Å². The highest BCUT2D eigenvalue weighted by molar-refractivity contribution is 6.18. The lowest BCUT2D eigenvalue weighted by Gasteiger charge is -2.16. The van der Waals surface area contributed by atoms with E-state index in [0.717, 1.165) is 23.1 Å². The molecule has 2 rings (SSSR count). The van der Waals surface area contributed by atoms with Gasteiger partial charge in [-0.2, -0.15) is 0 Å². The monoisotopic (exact) mass is 411 g/mol. The molecular weight excluding hydrogens is 386 g/mol. The minimum atomic E-state index is -0.0494. The van der Waals surface area contributed by atoms with Crippen LogP contribution >= 0.6 is 11.6 Å². The number of halogens is 1. The van der Waals surface area contributed by atoms with Crippen LogP contribution in [-0.4, -0.2) is 34.5 Å². The maximum Gasteiger partial charge on any atom is 0.154 e. The van der Waals surface area contributed by atoms with Gasteiger partial charge in [-0.15, -0.1) is 11.6 Å². The lowest BCUT2D eigenvalue weighted by Crippen LogP contribution is -2.11. The molecule has 0 saturated carbocycles. The van der Waals surface area contributed by atoms with Crippen molar-refractivity contribution in [3.05, 3.63) is 66.7 Å². The molecule has 7 heteroatoms. The van der Waals surface area contributed by atoms with Crippen molar-refractivity contribution in [3.8, 4) is 11.1 Å². The number of rotatable bonds is 11. The molecule has 29 heavy (non-hydrogen) atoms. The number of aliphatic imine (C=N–C) groups is 1. The van der Waals surface area contributed by atoms with Gasteiger partial charge in [0.25, 0.3) is 0 Å². The molecule has 6 nitrogen and oxygen atoms in total. The van der Waals surface area contributed by atoms with Crippen LogP contribution in [-0.2, 0) is 4.74 Å². The molecule has 0 spiro atoms. The lowest BCUT2D eigenvalue weighted by molar-refractivity contribution is 0.0710. The first-order chi connectivity index (χ1) is 14.2. The molecular formula is C22H26ClN5O. The van der Waals surface area contributed by atoms with Crippen LogP contribution in [0.15, 0.2) is 66.1 Å². The van der Waals surface area contributed by atoms with Crippen molar-refractivity contribution in [2.75, 3.05) is 12.5 Å². The zero-order valence-electron chi connectivity index (χ0n) is 16.5. The summed E-state index contributed by atoms with van der Waals surface area (Å²) in [5.41, 5.74) is 8.69. The van der Waals surface area contributed by atoms with E-state index in [2.05, 4.69) is 28.0 Å². The Labute approximate surface area is 176 Å². The van der Waals surface area contributed by atoms with Gasteiger partial charge in [0.2, 0.25) is 0 Å². The minimum Gasteiger partial charge on any atom is -0.387 e. The van der Waals surface area contributed by atoms with Crippen LogP contribution in [0.2, 0.25) is 0 Å². The first kappa shape index (κ1) is 22.5. The van der Waals surface area contributed by atoms with Gasteiger partial charge in [0.15, 0.2) is 5.82 Å². The Kier molecular flexibility index (Phi) is 9.75. The lowest BCUT2D eigenvalue weighted by atomic mass is 10.0. The van der Waals surface area contributed by atoms with Gasteiger partial charge in [0.1, 0.15) is 5.84 Å². The van der Waals surface area contributed by atoms with Crippen molar-refractivity contribution >= 4 is 29.5 Å². The maximum atomic E-state index is 7.11. The molecule has 1 atom stereocenters. The van der Waals surface area contributed by atoms with Crippen LogP contribution < -0.4 is 5.73 Å². The van der Waals surface area contributed by atoms with E-state index >= 15 is 0 Å². The van der Waals surface area contributed by atoms with Crippen molar-refractivity contribution in [1.82, 2.24) is 9.97 Å². The fourth-order valence-electron chi connectivity index (χ4n) is 2.63. The standard InChI is InChI=1S/C22H26ClN5O/c1-2-20(29-12-6-4-3-5-9-23)19-13-18(15-26-16-19)17-8-11-27-22(14-17)28-21(25)7-10-24/h3-6,8,10-11,13-16,20,24H,2,7,9,12H2,1H3,(H2,25,27,28). The van der Waals surface area contributed by atoms with Gasteiger partial charge in [0.05, 0.1) is 12.7 Å². The van der Waals surface area contributed by atoms with Crippen molar-refractivity contribution < 1.29 is 4.74 Å². The Hall–Kier alpha value is -2.83. The van der Waals surface area contributed by atoms with E-state index in [1.807, 2.05) is 42.6 Å². The van der Waals surface area contributed by atoms with E-state index in [0.29, 0.717) is 30.6 Å². The molecule has 0 aliphatic rings. The third kappa shape index (κ3) is 7.60. The molecule has 0 radical (unpaired) electrons. The zero-order chi connectivity index (χ0) is 20.9. The minimum absolute atomic E-state index is 0.0494. The Morgan fingerprint density at radius 2 is 2.10 bits per heavy atom. The van der Waals surface area contributed by atoms with Crippen LogP contribution in [0.4, 0.5) is 5.82 Å². The number of pyridine rings is 2. The molecule has 2 heterocycles. The third-order valence-corrected chi connectivity index (χ3v) is 4.19. The summed E-state index contributed by atoms with van der Waals surface area (Å²) in [5, 5.41) is 7.11. The maximum absolute atomic E-state index is 7.11. The SMILES string of the molecule is CCC(OCC=CC=CCCl)c1cncc(-c2ccnc(N=C(N)CC=N)c2)c1. The molecule has 0 bridgehead atoms. The number of nitrogens with two attached hydrogens (primary N) is 1. The first-order valence-corrected chi connectivity index (χ1v) is 9.94. The molecule has 0 aliphatic carbocycles. The highest BCUT2D eigenvalue weighted by Crippen LogP contribution is 2.27. The van der Waals surface area contributed by atoms with Gasteiger partial charge in [0, 0.05) is 42.7 Å². The molecule has 2 aromatic heterocycles. The van der Waals surface area contributed by atoms with Gasteiger partial charge in [-0.3, -0.25) is 4.98 Å². The summed E-state index contributed by atoms with van der Waals surface area (Å²) in [6.07, 6.45) is 15.3. The summed E-state index contributed by atoms with van der Waals surface area (Å²) in [4.78, 5) is 12.9. The molecule has 2 aromatic rings. The first-order valence-electron chi connectivity index (χ1n) is 9.40. The van der Waals surface area contributed by atoms with Crippen LogP contribution in [0.25, 0.3) is 11.1 Å². The largest absolute Gasteiger partial charge is 0.387 e. The Balaban J connectivity index is 2.15. The number of allylic oxidation sites excluding steroid dienone is 3. The van der Waals surface area contributed by atoms with Crippen LogP contribution in [0.1, 0.15) is 31.4 Å². The topological polar surface area (TPSA) is 97.2 Å². The highest BCUT2D eigenvalue weighted by Gasteiger charge is 2.11. The Morgan fingerprint density at radius 1 is 1.28 bits per heavy atom. The van der Waals surface area contributed by atoms with Gasteiger partial charge in [-0.05, 0) is 35.7 Å². The summed E-state index contributed by atoms with van der Waals surface area (Å²) < 4.78 is 5.99. The number of nitrogens with zero attached hydrogens (tertiary/aromatic N) is 3. The number of amidine groups is 1. The van der Waals surface area contributed by atoms with Gasteiger partial charge in [-0.1, -0.05) is 31.2 Å². The van der Waals surface area contributed by atoms with E-state index in [9.17, 15) is 0 Å². The Bertz CT molecular complexity index is 879. The van der Waals surface area contributed by atoms with Crippen LogP contribution in [0, 0.1) is 5.41 Å². The molecule has 3 N–H and O–H groups in total. The third-order valence-electron chi connectivity index (χ3n) is 4.02. The number of aromatic nitrogens is 2. The average Bonchev–Trinajstić information content (AvgIpc) is 2.74. The fourth-order valence-corrected chi connectivity index (χ4v) is 2.74. The molecule has 152 valence electrons. The molecule has 0 fully saturated rings. The summed E-state index contributed by atoms with van der Waals surface area (Å²) in [7, 11) is 0. The average molecular weight is 412 g/mol. The summed E-state index contributed by atoms with van der Waals surface area (Å²) in [6.45, 7) is 2.59. The predicted molar refractivity (Wildman–Crippen MR) is 120 cm³/mol. The number of ether oxygens (including phenoxy) is 1. The van der Waals surface area contributed by atoms with E-state index in [1.165, 1.54) is 6.21 Å². The number of hydrogen-bond acceptors (Lipinski definition) is 5. The highest BCUT2D eigenvalue weighted by atomic mass is 35.5. The molecule has 0 amide bonds. The summed E-state index contributed by atoms with van der Waals surface area (Å²) in [6, 6.07) is 5.83. The van der Waals surface area contributed by atoms with Crippen molar-refractivity contribution in [3.63, 3.8) is 0 Å². The normalized spacial score (nSPS) is 13.2. The van der Waals surface area contributed by atoms with Gasteiger partial charge >= 0.3 is 0 Å². The van der Waals surface area contributed by atoms with E-state index in [4.69, 9.17) is 27.5 Å². The summed E-state index contributed by atoms with van der Waals surface area (Å²) in [5.74, 6) is 1.36. The number of alkyl halides is 1. The van der Waals surface area contributed by atoms with Crippen LogP contribution in [0.5, 0.6) is 0 Å². The van der Waals surface area contributed by atoms with Gasteiger partial charge < -0.3 is 15.9 Å². The molecule has 0 aliphatic heterocycles. The zero-order valence-corrected chi connectivity index (χ0v) is 17.2. The number of nitrogens with one attached hydrogen (secondary N) is 1. The molecule has 0 aromatic carbocycles. The molecule has 1 unspecified atom stereocenters. The second kappa shape index (κ2) is 12.6. The quantitative estimate of drug-likeness (QED) is 0.235. The number of hydrogen-bond donors (Lipinski definition) is 2. The van der Waals surface area contributed by atoms with Crippen molar-refractivity contribution in [1.29, 1.82) is 5.41 Å². The Morgan fingerprint density at radius 3 is 2.86 bits per heavy atom. The molecule has 0 saturated heterocycles. The smallest absolute Gasteiger partial charge is 0.154 e. The van der Waals surface area contributed by atoms with Crippen LogP contribution in [0.3, 0.4) is 0 Å². The summed E-state index contributed by atoms with van der Waals surface area (Å²) >= 11 is 5.60. The van der Waals surface area contributed by atoms with E-state index in [-0.39, 0.29) is 6.10 Å². The predicted octanol–water partition coefficient (Wildman–Crippen LogP) is 4.99. The van der Waals surface area contributed by atoms with Crippen molar-refractivity contribution in [2.45, 2.75) is 25.9 Å². The van der Waals surface area contributed by atoms with Gasteiger partial charge in [-0.25, -0.2) is 9.98 Å². The van der Waals surface area contributed by atoms with E-state index in [1.54, 1.807) is 12.4 Å².